The Hall–Kier alpha value is -0.710. The molecule has 0 saturated carbocycles. The fourth-order valence-electron chi connectivity index (χ4n) is 1.27. The van der Waals surface area contributed by atoms with Gasteiger partial charge in [0.05, 0.1) is 12.7 Å². The monoisotopic (exact) mass is 230 g/mol. The van der Waals surface area contributed by atoms with Gasteiger partial charge in [-0.3, -0.25) is 0 Å². The molecule has 84 valence electrons. The zero-order valence-electron chi connectivity index (χ0n) is 7.87. The van der Waals surface area contributed by atoms with Crippen LogP contribution in [0.4, 0.5) is 0 Å². The van der Waals surface area contributed by atoms with Crippen molar-refractivity contribution in [3.8, 4) is 0 Å². The molecule has 0 amide bonds. The fourth-order valence-corrected chi connectivity index (χ4v) is 2.06. The molecule has 2 N–H and O–H groups in total. The molecule has 5 nitrogen and oxygen atoms in total. The summed E-state index contributed by atoms with van der Waals surface area (Å²) >= 11 is 0. The average molecular weight is 230 g/mol. The second-order valence-electron chi connectivity index (χ2n) is 3.17. The maximum absolute atomic E-state index is 10.9. The molecule has 1 rings (SSSR count). The highest BCUT2D eigenvalue weighted by Gasteiger charge is 2.09. The SMILES string of the molecule is O=P([O-])([O-])c1ccccc1CC(O)CO. The first kappa shape index (κ1) is 12.4. The zero-order valence-corrected chi connectivity index (χ0v) is 8.76. The van der Waals surface area contributed by atoms with Gasteiger partial charge in [0.1, 0.15) is 0 Å². The standard InChI is InChI=1S/C9H13O5P/c10-6-8(11)5-7-3-1-2-4-9(7)15(12,13)14/h1-4,8,10-11H,5-6H2,(H2,12,13,14)/p-2. The summed E-state index contributed by atoms with van der Waals surface area (Å²) < 4.78 is 10.9. The molecule has 0 bridgehead atoms. The van der Waals surface area contributed by atoms with Gasteiger partial charge in [-0.15, -0.1) is 0 Å². The van der Waals surface area contributed by atoms with Crippen molar-refractivity contribution in [2.45, 2.75) is 12.5 Å². The summed E-state index contributed by atoms with van der Waals surface area (Å²) in [6.07, 6.45) is -1.11. The zero-order chi connectivity index (χ0) is 11.5. The molecule has 0 aliphatic carbocycles. The predicted octanol–water partition coefficient (Wildman–Crippen LogP) is -1.88. The van der Waals surface area contributed by atoms with E-state index < -0.39 is 20.3 Å². The van der Waals surface area contributed by atoms with Crippen molar-refractivity contribution in [1.29, 1.82) is 0 Å². The van der Waals surface area contributed by atoms with Crippen LogP contribution in [0.2, 0.25) is 0 Å². The van der Waals surface area contributed by atoms with Crippen molar-refractivity contribution in [2.75, 3.05) is 6.61 Å². The smallest absolute Gasteiger partial charge is 0.0811 e. The Morgan fingerprint density at radius 2 is 1.93 bits per heavy atom. The lowest BCUT2D eigenvalue weighted by Crippen LogP contribution is -2.29. The number of hydrogen-bond donors (Lipinski definition) is 2. The third-order valence-corrected chi connectivity index (χ3v) is 2.98. The van der Waals surface area contributed by atoms with Crippen LogP contribution >= 0.6 is 7.60 Å². The maximum atomic E-state index is 10.9. The number of aliphatic hydroxyl groups excluding tert-OH is 2. The van der Waals surface area contributed by atoms with Gasteiger partial charge >= 0.3 is 0 Å². The maximum Gasteiger partial charge on any atom is 0.0811 e. The molecule has 0 heterocycles. The van der Waals surface area contributed by atoms with Crippen molar-refractivity contribution in [3.05, 3.63) is 29.8 Å². The number of aliphatic hydroxyl groups is 2. The van der Waals surface area contributed by atoms with E-state index in [-0.39, 0.29) is 17.3 Å². The topological polar surface area (TPSA) is 104 Å². The summed E-state index contributed by atoms with van der Waals surface area (Å²) in [6, 6.07) is 5.64. The van der Waals surface area contributed by atoms with Crippen LogP contribution in [0.3, 0.4) is 0 Å². The third kappa shape index (κ3) is 3.41. The van der Waals surface area contributed by atoms with E-state index in [1.54, 1.807) is 6.07 Å². The molecule has 0 aliphatic heterocycles. The van der Waals surface area contributed by atoms with Crippen LogP contribution in [-0.4, -0.2) is 22.9 Å². The van der Waals surface area contributed by atoms with E-state index >= 15 is 0 Å². The second kappa shape index (κ2) is 4.88. The van der Waals surface area contributed by atoms with Gasteiger partial charge in [-0.2, -0.15) is 0 Å². The quantitative estimate of drug-likeness (QED) is 0.589. The van der Waals surface area contributed by atoms with E-state index in [2.05, 4.69) is 0 Å². The highest BCUT2D eigenvalue weighted by Crippen LogP contribution is 2.24. The Kier molecular flexibility index (Phi) is 4.02. The Balaban J connectivity index is 3.02. The van der Waals surface area contributed by atoms with E-state index in [1.807, 2.05) is 0 Å². The minimum Gasteiger partial charge on any atom is -0.807 e. The van der Waals surface area contributed by atoms with Crippen LogP contribution in [-0.2, 0) is 11.0 Å². The highest BCUT2D eigenvalue weighted by atomic mass is 31.2. The lowest BCUT2D eigenvalue weighted by molar-refractivity contribution is -0.308. The van der Waals surface area contributed by atoms with Gasteiger partial charge < -0.3 is 24.6 Å². The van der Waals surface area contributed by atoms with Crippen molar-refractivity contribution in [3.63, 3.8) is 0 Å². The molecule has 1 atom stereocenters. The Morgan fingerprint density at radius 3 is 2.47 bits per heavy atom. The van der Waals surface area contributed by atoms with Gasteiger partial charge in [-0.1, -0.05) is 24.3 Å². The fraction of sp³-hybridized carbons (Fsp3) is 0.333. The summed E-state index contributed by atoms with van der Waals surface area (Å²) in [4.78, 5) is 21.7. The molecule has 0 fully saturated rings. The Bertz CT molecular complexity index is 373. The van der Waals surface area contributed by atoms with Crippen molar-refractivity contribution < 1.29 is 24.6 Å². The molecule has 0 spiro atoms. The molecule has 1 unspecified atom stereocenters. The van der Waals surface area contributed by atoms with Crippen molar-refractivity contribution in [2.24, 2.45) is 0 Å². The lowest BCUT2D eigenvalue weighted by Gasteiger charge is -2.32. The number of rotatable bonds is 4. The average Bonchev–Trinajstić information content (AvgIpc) is 2.17. The minimum absolute atomic E-state index is 0.0544. The van der Waals surface area contributed by atoms with E-state index in [0.29, 0.717) is 0 Å². The molecule has 6 heteroatoms. The Labute approximate surface area is 87.2 Å². The summed E-state index contributed by atoms with van der Waals surface area (Å²) in [5.41, 5.74) is 0.229. The van der Waals surface area contributed by atoms with Crippen LogP contribution in [0.1, 0.15) is 5.56 Å². The van der Waals surface area contributed by atoms with Gasteiger partial charge in [0, 0.05) is 6.42 Å². The van der Waals surface area contributed by atoms with E-state index in [9.17, 15) is 14.4 Å². The lowest BCUT2D eigenvalue weighted by atomic mass is 10.1. The van der Waals surface area contributed by atoms with Crippen LogP contribution in [0.25, 0.3) is 0 Å². The molecular formula is C9H11O5P-2. The molecule has 0 radical (unpaired) electrons. The second-order valence-corrected chi connectivity index (χ2v) is 4.64. The van der Waals surface area contributed by atoms with Crippen LogP contribution in [0.15, 0.2) is 24.3 Å². The Morgan fingerprint density at radius 1 is 1.33 bits per heavy atom. The van der Waals surface area contributed by atoms with Crippen molar-refractivity contribution in [1.82, 2.24) is 0 Å². The summed E-state index contributed by atoms with van der Waals surface area (Å²) in [7, 11) is -4.82. The number of hydrogen-bond acceptors (Lipinski definition) is 5. The molecule has 1 aromatic rings. The predicted molar refractivity (Wildman–Crippen MR) is 50.5 cm³/mol. The van der Waals surface area contributed by atoms with E-state index in [1.165, 1.54) is 18.2 Å². The molecule has 0 saturated heterocycles. The van der Waals surface area contributed by atoms with Gasteiger partial charge in [-0.25, -0.2) is 0 Å². The van der Waals surface area contributed by atoms with Crippen LogP contribution < -0.4 is 15.1 Å². The largest absolute Gasteiger partial charge is 0.807 e. The molecule has 0 aliphatic rings. The normalized spacial score (nSPS) is 13.9. The van der Waals surface area contributed by atoms with Crippen molar-refractivity contribution >= 4 is 12.9 Å². The van der Waals surface area contributed by atoms with Gasteiger partial charge in [-0.05, 0) is 18.5 Å². The first-order valence-corrected chi connectivity index (χ1v) is 5.89. The molecule has 0 aromatic heterocycles. The molecular weight excluding hydrogens is 219 g/mol. The third-order valence-electron chi connectivity index (χ3n) is 1.95. The molecule has 1 aromatic carbocycles. The van der Waals surface area contributed by atoms with Crippen LogP contribution in [0, 0.1) is 0 Å². The minimum atomic E-state index is -4.82. The van der Waals surface area contributed by atoms with E-state index in [0.717, 1.165) is 0 Å². The summed E-state index contributed by atoms with van der Waals surface area (Å²) in [5.74, 6) is 0. The first-order chi connectivity index (χ1) is 6.95. The molecule has 15 heavy (non-hydrogen) atoms. The number of benzene rings is 1. The summed E-state index contributed by atoms with van der Waals surface area (Å²) in [6.45, 7) is -0.476. The highest BCUT2D eigenvalue weighted by molar-refractivity contribution is 7.57. The van der Waals surface area contributed by atoms with E-state index in [4.69, 9.17) is 10.2 Å². The van der Waals surface area contributed by atoms with Gasteiger partial charge in [0.25, 0.3) is 0 Å². The van der Waals surface area contributed by atoms with Crippen LogP contribution in [0.5, 0.6) is 0 Å². The van der Waals surface area contributed by atoms with Gasteiger partial charge in [0.15, 0.2) is 0 Å². The first-order valence-electron chi connectivity index (χ1n) is 4.34. The van der Waals surface area contributed by atoms with Gasteiger partial charge in [0.2, 0.25) is 0 Å². The summed E-state index contributed by atoms with van der Waals surface area (Å²) in [5, 5.41) is 17.5.